The van der Waals surface area contributed by atoms with E-state index in [1.165, 1.54) is 6.92 Å². The highest BCUT2D eigenvalue weighted by Crippen LogP contribution is 2.45. The van der Waals surface area contributed by atoms with E-state index in [1.807, 2.05) is 0 Å². The third-order valence-corrected chi connectivity index (χ3v) is 3.91. The first-order valence-electron chi connectivity index (χ1n) is 6.50. The predicted octanol–water partition coefficient (Wildman–Crippen LogP) is 1.43. The molecule has 0 saturated heterocycles. The molecule has 1 fully saturated rings. The molecule has 1 amide bonds. The second-order valence-electron chi connectivity index (χ2n) is 5.45. The molecule has 0 aromatic carbocycles. The van der Waals surface area contributed by atoms with Gasteiger partial charge in [0.25, 0.3) is 5.91 Å². The number of aliphatic carboxylic acids is 1. The van der Waals surface area contributed by atoms with Gasteiger partial charge in [-0.3, -0.25) is 14.4 Å². The summed E-state index contributed by atoms with van der Waals surface area (Å²) < 4.78 is 0. The molecule has 1 aromatic rings. The SMILES string of the molecule is CC(=O)c1c(C)[nH]c(C(=O)NCC2(C(=O)O)CC2)c1C. The standard InChI is InChI=1S/C14H18N2O4/c1-7-10(9(3)17)8(2)16-11(7)12(18)15-6-14(4-5-14)13(19)20/h16H,4-6H2,1-3H3,(H,15,18)(H,19,20). The van der Waals surface area contributed by atoms with Crippen molar-refractivity contribution in [3.63, 3.8) is 0 Å². The summed E-state index contributed by atoms with van der Waals surface area (Å²) in [4.78, 5) is 37.6. The number of carboxylic acid groups (broad SMARTS) is 1. The van der Waals surface area contributed by atoms with Gasteiger partial charge in [-0.15, -0.1) is 0 Å². The van der Waals surface area contributed by atoms with E-state index in [9.17, 15) is 14.4 Å². The number of Topliss-reactive ketones (excluding diaryl/α,β-unsaturated/α-hetero) is 1. The Kier molecular flexibility index (Phi) is 3.41. The van der Waals surface area contributed by atoms with Crippen molar-refractivity contribution in [3.05, 3.63) is 22.5 Å². The van der Waals surface area contributed by atoms with Crippen molar-refractivity contribution in [2.45, 2.75) is 33.6 Å². The number of carboxylic acids is 1. The number of H-pyrrole nitrogens is 1. The third-order valence-electron chi connectivity index (χ3n) is 3.91. The Balaban J connectivity index is 2.13. The van der Waals surface area contributed by atoms with E-state index in [2.05, 4.69) is 10.3 Å². The molecule has 6 heteroatoms. The molecular weight excluding hydrogens is 260 g/mol. The molecule has 0 atom stereocenters. The van der Waals surface area contributed by atoms with Crippen LogP contribution in [0.25, 0.3) is 0 Å². The van der Waals surface area contributed by atoms with Crippen LogP contribution >= 0.6 is 0 Å². The molecule has 0 bridgehead atoms. The smallest absolute Gasteiger partial charge is 0.311 e. The Bertz CT molecular complexity index is 597. The second kappa shape index (κ2) is 4.77. The summed E-state index contributed by atoms with van der Waals surface area (Å²) in [6, 6.07) is 0. The maximum atomic E-state index is 12.1. The van der Waals surface area contributed by atoms with Crippen molar-refractivity contribution in [1.82, 2.24) is 10.3 Å². The first kappa shape index (κ1) is 14.3. The maximum Gasteiger partial charge on any atom is 0.311 e. The van der Waals surface area contributed by atoms with E-state index >= 15 is 0 Å². The fraction of sp³-hybridized carbons (Fsp3) is 0.500. The van der Waals surface area contributed by atoms with Crippen molar-refractivity contribution < 1.29 is 19.5 Å². The van der Waals surface area contributed by atoms with Crippen LogP contribution < -0.4 is 5.32 Å². The van der Waals surface area contributed by atoms with E-state index in [0.29, 0.717) is 35.4 Å². The third kappa shape index (κ3) is 2.33. The lowest BCUT2D eigenvalue weighted by Gasteiger charge is -2.10. The predicted molar refractivity (Wildman–Crippen MR) is 71.9 cm³/mol. The first-order valence-corrected chi connectivity index (χ1v) is 6.50. The zero-order valence-electron chi connectivity index (χ0n) is 11.8. The Labute approximate surface area is 116 Å². The van der Waals surface area contributed by atoms with Crippen molar-refractivity contribution >= 4 is 17.7 Å². The molecule has 0 aliphatic heterocycles. The van der Waals surface area contributed by atoms with Crippen LogP contribution in [0.4, 0.5) is 0 Å². The maximum absolute atomic E-state index is 12.1. The highest BCUT2D eigenvalue weighted by atomic mass is 16.4. The number of aryl methyl sites for hydroxylation is 1. The first-order chi connectivity index (χ1) is 9.28. The Morgan fingerprint density at radius 2 is 1.90 bits per heavy atom. The van der Waals surface area contributed by atoms with Gasteiger partial charge >= 0.3 is 5.97 Å². The normalized spacial score (nSPS) is 15.8. The van der Waals surface area contributed by atoms with Crippen molar-refractivity contribution in [2.24, 2.45) is 5.41 Å². The summed E-state index contributed by atoms with van der Waals surface area (Å²) in [5.41, 5.74) is 1.31. The number of carbonyl (C=O) groups excluding carboxylic acids is 2. The van der Waals surface area contributed by atoms with Crippen LogP contribution in [0, 0.1) is 19.3 Å². The van der Waals surface area contributed by atoms with Gasteiger partial charge in [0.2, 0.25) is 0 Å². The summed E-state index contributed by atoms with van der Waals surface area (Å²) in [7, 11) is 0. The lowest BCUT2D eigenvalue weighted by atomic mass is 10.1. The fourth-order valence-electron chi connectivity index (χ4n) is 2.46. The number of ketones is 1. The second-order valence-corrected chi connectivity index (χ2v) is 5.45. The van der Waals surface area contributed by atoms with E-state index < -0.39 is 11.4 Å². The summed E-state index contributed by atoms with van der Waals surface area (Å²) in [5.74, 6) is -1.34. The van der Waals surface area contributed by atoms with Gasteiger partial charge in [-0.25, -0.2) is 0 Å². The monoisotopic (exact) mass is 278 g/mol. The summed E-state index contributed by atoms with van der Waals surface area (Å²) in [6.07, 6.45) is 1.17. The lowest BCUT2D eigenvalue weighted by molar-refractivity contribution is -0.143. The molecule has 0 unspecified atom stereocenters. The van der Waals surface area contributed by atoms with Crippen molar-refractivity contribution in [3.8, 4) is 0 Å². The molecule has 6 nitrogen and oxygen atoms in total. The van der Waals surface area contributed by atoms with Crippen molar-refractivity contribution in [2.75, 3.05) is 6.54 Å². The van der Waals surface area contributed by atoms with Crippen LogP contribution in [0.3, 0.4) is 0 Å². The number of rotatable bonds is 5. The number of aromatic amines is 1. The highest BCUT2D eigenvalue weighted by Gasteiger charge is 2.50. The van der Waals surface area contributed by atoms with E-state index in [4.69, 9.17) is 5.11 Å². The van der Waals surface area contributed by atoms with E-state index in [0.717, 1.165) is 0 Å². The van der Waals surface area contributed by atoms with Gasteiger partial charge in [-0.05, 0) is 39.2 Å². The molecule has 1 aliphatic carbocycles. The summed E-state index contributed by atoms with van der Waals surface area (Å²) >= 11 is 0. The van der Waals surface area contributed by atoms with Gasteiger partial charge in [0, 0.05) is 17.8 Å². The van der Waals surface area contributed by atoms with Gasteiger partial charge < -0.3 is 15.4 Å². The minimum absolute atomic E-state index is 0.0977. The highest BCUT2D eigenvalue weighted by molar-refractivity contribution is 6.02. The number of amides is 1. The number of hydrogen-bond acceptors (Lipinski definition) is 3. The molecule has 0 radical (unpaired) electrons. The number of aromatic nitrogens is 1. The number of nitrogens with one attached hydrogen (secondary N) is 2. The lowest BCUT2D eigenvalue weighted by Crippen LogP contribution is -2.34. The molecule has 2 rings (SSSR count). The number of carbonyl (C=O) groups is 3. The van der Waals surface area contributed by atoms with E-state index in [1.54, 1.807) is 13.8 Å². The molecule has 1 saturated carbocycles. The van der Waals surface area contributed by atoms with E-state index in [-0.39, 0.29) is 18.2 Å². The summed E-state index contributed by atoms with van der Waals surface area (Å²) in [5, 5.41) is 11.7. The van der Waals surface area contributed by atoms with Gasteiger partial charge in [0.1, 0.15) is 5.69 Å². The van der Waals surface area contributed by atoms with Crippen LogP contribution in [-0.2, 0) is 4.79 Å². The van der Waals surface area contributed by atoms with Crippen LogP contribution in [0.15, 0.2) is 0 Å². The topological polar surface area (TPSA) is 99.3 Å². The molecule has 1 aliphatic rings. The van der Waals surface area contributed by atoms with Crippen LogP contribution in [0.5, 0.6) is 0 Å². The minimum Gasteiger partial charge on any atom is -0.481 e. The quantitative estimate of drug-likeness (QED) is 0.709. The molecule has 20 heavy (non-hydrogen) atoms. The zero-order valence-corrected chi connectivity index (χ0v) is 11.8. The van der Waals surface area contributed by atoms with Crippen LogP contribution in [0.2, 0.25) is 0 Å². The molecule has 1 aromatic heterocycles. The van der Waals surface area contributed by atoms with Gasteiger partial charge in [-0.1, -0.05) is 0 Å². The fourth-order valence-corrected chi connectivity index (χ4v) is 2.46. The average molecular weight is 278 g/mol. The van der Waals surface area contributed by atoms with Gasteiger partial charge in [-0.2, -0.15) is 0 Å². The molecule has 1 heterocycles. The molecule has 108 valence electrons. The van der Waals surface area contributed by atoms with Crippen molar-refractivity contribution in [1.29, 1.82) is 0 Å². The Hall–Kier alpha value is -2.11. The molecular formula is C14H18N2O4. The van der Waals surface area contributed by atoms with Crippen LogP contribution in [-0.4, -0.2) is 34.3 Å². The largest absolute Gasteiger partial charge is 0.481 e. The Morgan fingerprint density at radius 3 is 2.30 bits per heavy atom. The number of hydrogen-bond donors (Lipinski definition) is 3. The van der Waals surface area contributed by atoms with Gasteiger partial charge in [0.15, 0.2) is 5.78 Å². The minimum atomic E-state index is -0.874. The average Bonchev–Trinajstić information content (AvgIpc) is 3.08. The molecule has 3 N–H and O–H groups in total. The summed E-state index contributed by atoms with van der Waals surface area (Å²) in [6.45, 7) is 5.02. The zero-order chi connectivity index (χ0) is 15.1. The van der Waals surface area contributed by atoms with Gasteiger partial charge in [0.05, 0.1) is 5.41 Å². The molecule has 0 spiro atoms. The van der Waals surface area contributed by atoms with Crippen LogP contribution in [0.1, 0.15) is 51.9 Å². The Morgan fingerprint density at radius 1 is 1.30 bits per heavy atom.